The number of hydrogen-bond donors (Lipinski definition) is 2. The molecule has 2 heterocycles. The van der Waals surface area contributed by atoms with E-state index < -0.39 is 0 Å². The first-order valence-electron chi connectivity index (χ1n) is 6.24. The minimum atomic E-state index is 0.150. The van der Waals surface area contributed by atoms with Crippen LogP contribution in [-0.2, 0) is 4.79 Å². The van der Waals surface area contributed by atoms with Crippen LogP contribution in [0.25, 0.3) is 0 Å². The molecule has 3 nitrogen and oxygen atoms in total. The maximum Gasteiger partial charge on any atom is 0.224 e. The molecule has 0 aromatic heterocycles. The highest BCUT2D eigenvalue weighted by Gasteiger charge is 2.42. The summed E-state index contributed by atoms with van der Waals surface area (Å²) in [5.74, 6) is 2.99. The normalized spacial score (nSPS) is 33.4. The fraction of sp³-hybridized carbons (Fsp3) is 0.769. The molecule has 0 aromatic carbocycles. The van der Waals surface area contributed by atoms with Crippen molar-refractivity contribution in [3.05, 3.63) is 0 Å². The third-order valence-electron chi connectivity index (χ3n) is 3.84. The zero-order valence-electron chi connectivity index (χ0n) is 9.83. The quantitative estimate of drug-likeness (QED) is 0.695. The molecule has 4 unspecified atom stereocenters. The van der Waals surface area contributed by atoms with Crippen molar-refractivity contribution >= 4 is 5.91 Å². The highest BCUT2D eigenvalue weighted by atomic mass is 16.2. The van der Waals surface area contributed by atoms with Gasteiger partial charge in [0.2, 0.25) is 5.91 Å². The third kappa shape index (κ3) is 2.22. The molecule has 0 aromatic rings. The molecule has 2 aliphatic rings. The van der Waals surface area contributed by atoms with E-state index in [0.717, 1.165) is 19.3 Å². The molecular formula is C13H20N2O. The zero-order chi connectivity index (χ0) is 11.5. The number of rotatable bonds is 4. The van der Waals surface area contributed by atoms with Crippen molar-refractivity contribution in [1.82, 2.24) is 10.6 Å². The maximum absolute atomic E-state index is 12.1. The summed E-state index contributed by atoms with van der Waals surface area (Å²) in [5.41, 5.74) is 0. The van der Waals surface area contributed by atoms with E-state index in [9.17, 15) is 4.79 Å². The standard InChI is InChI=1S/C13H20N2O/c1-3-5-9(4-2)15-13(16)11-8-10-6-7-12(11)14-10/h1,9-12,14H,4-8H2,2H3,(H,15,16). The molecule has 4 atom stereocenters. The molecule has 2 saturated heterocycles. The molecule has 2 rings (SSSR count). The second-order valence-electron chi connectivity index (χ2n) is 4.91. The number of carbonyl (C=O) groups is 1. The van der Waals surface area contributed by atoms with Crippen LogP contribution in [0.3, 0.4) is 0 Å². The largest absolute Gasteiger partial charge is 0.352 e. The summed E-state index contributed by atoms with van der Waals surface area (Å²) >= 11 is 0. The van der Waals surface area contributed by atoms with E-state index >= 15 is 0 Å². The van der Waals surface area contributed by atoms with Gasteiger partial charge >= 0.3 is 0 Å². The molecule has 88 valence electrons. The number of terminal acetylenes is 1. The summed E-state index contributed by atoms with van der Waals surface area (Å²) in [5, 5.41) is 6.55. The molecular weight excluding hydrogens is 200 g/mol. The van der Waals surface area contributed by atoms with Crippen LogP contribution in [0.15, 0.2) is 0 Å². The number of fused-ring (bicyclic) bond motifs is 2. The average Bonchev–Trinajstić information content (AvgIpc) is 2.89. The van der Waals surface area contributed by atoms with Gasteiger partial charge in [-0.05, 0) is 25.7 Å². The summed E-state index contributed by atoms with van der Waals surface area (Å²) < 4.78 is 0. The Morgan fingerprint density at radius 1 is 1.62 bits per heavy atom. The number of nitrogens with one attached hydrogen (secondary N) is 2. The van der Waals surface area contributed by atoms with Crippen molar-refractivity contribution in [2.75, 3.05) is 0 Å². The van der Waals surface area contributed by atoms with Gasteiger partial charge in [-0.15, -0.1) is 12.3 Å². The van der Waals surface area contributed by atoms with E-state index in [1.165, 1.54) is 6.42 Å². The average molecular weight is 220 g/mol. The Labute approximate surface area is 97.4 Å². The fourth-order valence-corrected chi connectivity index (χ4v) is 2.86. The van der Waals surface area contributed by atoms with Gasteiger partial charge in [0.05, 0.1) is 5.92 Å². The van der Waals surface area contributed by atoms with Gasteiger partial charge in [0.1, 0.15) is 0 Å². The lowest BCUT2D eigenvalue weighted by Gasteiger charge is -2.22. The molecule has 0 saturated carbocycles. The predicted octanol–water partition coefficient (Wildman–Crippen LogP) is 1.04. The topological polar surface area (TPSA) is 41.1 Å². The predicted molar refractivity (Wildman–Crippen MR) is 63.7 cm³/mol. The van der Waals surface area contributed by atoms with Crippen molar-refractivity contribution in [2.24, 2.45) is 5.92 Å². The molecule has 2 fully saturated rings. The molecule has 16 heavy (non-hydrogen) atoms. The first-order chi connectivity index (χ1) is 7.74. The first kappa shape index (κ1) is 11.5. The van der Waals surface area contributed by atoms with Gasteiger partial charge in [0.25, 0.3) is 0 Å². The van der Waals surface area contributed by atoms with Crippen LogP contribution in [-0.4, -0.2) is 24.0 Å². The van der Waals surface area contributed by atoms with Crippen molar-refractivity contribution in [1.29, 1.82) is 0 Å². The smallest absolute Gasteiger partial charge is 0.224 e. The Morgan fingerprint density at radius 2 is 2.44 bits per heavy atom. The maximum atomic E-state index is 12.1. The number of hydrogen-bond acceptors (Lipinski definition) is 2. The van der Waals surface area contributed by atoms with Gasteiger partial charge in [-0.25, -0.2) is 0 Å². The Balaban J connectivity index is 1.86. The fourth-order valence-electron chi connectivity index (χ4n) is 2.86. The molecule has 0 aliphatic carbocycles. The van der Waals surface area contributed by atoms with E-state index in [-0.39, 0.29) is 17.9 Å². The number of carbonyl (C=O) groups excluding carboxylic acids is 1. The molecule has 3 heteroatoms. The van der Waals surface area contributed by atoms with Crippen molar-refractivity contribution in [2.45, 2.75) is 57.2 Å². The van der Waals surface area contributed by atoms with Gasteiger partial charge < -0.3 is 10.6 Å². The summed E-state index contributed by atoms with van der Waals surface area (Å²) in [6.07, 6.45) is 10.2. The lowest BCUT2D eigenvalue weighted by molar-refractivity contribution is -0.126. The second-order valence-corrected chi connectivity index (χ2v) is 4.91. The molecule has 2 aliphatic heterocycles. The third-order valence-corrected chi connectivity index (χ3v) is 3.84. The van der Waals surface area contributed by atoms with Crippen molar-refractivity contribution < 1.29 is 4.79 Å². The summed E-state index contributed by atoms with van der Waals surface area (Å²) in [7, 11) is 0. The Kier molecular flexibility index (Phi) is 3.50. The van der Waals surface area contributed by atoms with Crippen molar-refractivity contribution in [3.63, 3.8) is 0 Å². The van der Waals surface area contributed by atoms with Gasteiger partial charge in [-0.3, -0.25) is 4.79 Å². The van der Waals surface area contributed by atoms with Crippen LogP contribution in [0.5, 0.6) is 0 Å². The summed E-state index contributed by atoms with van der Waals surface area (Å²) in [6.45, 7) is 2.06. The lowest BCUT2D eigenvalue weighted by atomic mass is 9.88. The van der Waals surface area contributed by atoms with Crippen LogP contribution in [0.1, 0.15) is 39.0 Å². The van der Waals surface area contributed by atoms with E-state index in [0.29, 0.717) is 18.5 Å². The second kappa shape index (κ2) is 4.88. The van der Waals surface area contributed by atoms with Gasteiger partial charge in [0, 0.05) is 24.5 Å². The molecule has 1 amide bonds. The molecule has 0 radical (unpaired) electrons. The van der Waals surface area contributed by atoms with Crippen LogP contribution in [0, 0.1) is 18.3 Å². The lowest BCUT2D eigenvalue weighted by Crippen LogP contribution is -2.42. The summed E-state index contributed by atoms with van der Waals surface area (Å²) in [6, 6.07) is 1.14. The van der Waals surface area contributed by atoms with Crippen LogP contribution >= 0.6 is 0 Å². The van der Waals surface area contributed by atoms with E-state index in [1.807, 2.05) is 0 Å². The molecule has 2 N–H and O–H groups in total. The minimum absolute atomic E-state index is 0.150. The van der Waals surface area contributed by atoms with Gasteiger partial charge in [0.15, 0.2) is 0 Å². The Morgan fingerprint density at radius 3 is 2.94 bits per heavy atom. The van der Waals surface area contributed by atoms with E-state index in [2.05, 4.69) is 23.5 Å². The van der Waals surface area contributed by atoms with E-state index in [1.54, 1.807) is 0 Å². The minimum Gasteiger partial charge on any atom is -0.352 e. The van der Waals surface area contributed by atoms with Gasteiger partial charge in [-0.2, -0.15) is 0 Å². The molecule has 0 spiro atoms. The Hall–Kier alpha value is -1.01. The highest BCUT2D eigenvalue weighted by Crippen LogP contribution is 2.33. The Bertz CT molecular complexity index is 308. The van der Waals surface area contributed by atoms with Crippen LogP contribution < -0.4 is 10.6 Å². The zero-order valence-corrected chi connectivity index (χ0v) is 9.83. The monoisotopic (exact) mass is 220 g/mol. The van der Waals surface area contributed by atoms with E-state index in [4.69, 9.17) is 6.42 Å². The number of amides is 1. The van der Waals surface area contributed by atoms with Crippen LogP contribution in [0.4, 0.5) is 0 Å². The highest BCUT2D eigenvalue weighted by molar-refractivity contribution is 5.80. The van der Waals surface area contributed by atoms with Crippen LogP contribution in [0.2, 0.25) is 0 Å². The SMILES string of the molecule is C#CCC(CC)NC(=O)C1CC2CCC1N2. The van der Waals surface area contributed by atoms with Crippen molar-refractivity contribution in [3.8, 4) is 12.3 Å². The summed E-state index contributed by atoms with van der Waals surface area (Å²) in [4.78, 5) is 12.1. The van der Waals surface area contributed by atoms with Gasteiger partial charge in [-0.1, -0.05) is 6.92 Å². The first-order valence-corrected chi connectivity index (χ1v) is 6.24. The molecule has 2 bridgehead atoms.